The van der Waals surface area contributed by atoms with E-state index < -0.39 is 12.0 Å². The minimum absolute atomic E-state index is 0.318. The minimum atomic E-state index is -0.734. The molecule has 1 aromatic carbocycles. The van der Waals surface area contributed by atoms with E-state index in [4.69, 9.17) is 10.5 Å². The van der Waals surface area contributed by atoms with Crippen LogP contribution >= 0.6 is 0 Å². The van der Waals surface area contributed by atoms with E-state index in [9.17, 15) is 9.59 Å². The summed E-state index contributed by atoms with van der Waals surface area (Å²) >= 11 is 0. The molecule has 0 aromatic heterocycles. The molecule has 98 valence electrons. The van der Waals surface area contributed by atoms with Gasteiger partial charge in [0.25, 0.3) is 0 Å². The molecule has 1 rings (SSSR count). The highest BCUT2D eigenvalue weighted by Gasteiger charge is 2.16. The van der Waals surface area contributed by atoms with E-state index in [-0.39, 0.29) is 0 Å². The van der Waals surface area contributed by atoms with Crippen molar-refractivity contribution in [1.82, 2.24) is 0 Å². The molecule has 0 aliphatic heterocycles. The fourth-order valence-corrected chi connectivity index (χ4v) is 1.85. The first-order chi connectivity index (χ1) is 8.53. The normalized spacial score (nSPS) is 11.8. The molecular weight excluding hydrogens is 234 g/mol. The van der Waals surface area contributed by atoms with Crippen LogP contribution < -0.4 is 10.5 Å². The second-order valence-corrected chi connectivity index (χ2v) is 3.99. The topological polar surface area (TPSA) is 78.6 Å². The Hall–Kier alpha value is -1.88. The molecule has 1 atom stereocenters. The Morgan fingerprint density at radius 3 is 2.61 bits per heavy atom. The Morgan fingerprint density at radius 1 is 1.44 bits per heavy atom. The number of aryl methyl sites for hydroxylation is 1. The molecule has 0 aliphatic rings. The maximum atomic E-state index is 11.2. The number of rotatable bonds is 5. The molecule has 0 spiro atoms. The highest BCUT2D eigenvalue weighted by atomic mass is 16.5. The van der Waals surface area contributed by atoms with E-state index in [1.165, 1.54) is 14.2 Å². The van der Waals surface area contributed by atoms with Gasteiger partial charge in [-0.2, -0.15) is 0 Å². The van der Waals surface area contributed by atoms with Gasteiger partial charge in [0.05, 0.1) is 19.8 Å². The van der Waals surface area contributed by atoms with Crippen LogP contribution in [0.2, 0.25) is 0 Å². The van der Waals surface area contributed by atoms with E-state index in [2.05, 4.69) is 4.74 Å². The molecular formula is C13H17NO4. The number of carbonyl (C=O) groups excluding carboxylic acids is 2. The van der Waals surface area contributed by atoms with E-state index in [1.807, 2.05) is 13.0 Å². The number of ether oxygens (including phenoxy) is 2. The van der Waals surface area contributed by atoms with Crippen LogP contribution in [-0.4, -0.2) is 32.5 Å². The molecule has 0 saturated heterocycles. The molecule has 0 unspecified atom stereocenters. The zero-order chi connectivity index (χ0) is 13.7. The lowest BCUT2D eigenvalue weighted by Crippen LogP contribution is -2.33. The summed E-state index contributed by atoms with van der Waals surface area (Å²) in [4.78, 5) is 22.2. The number of methoxy groups -OCH3 is 2. The Kier molecular flexibility index (Phi) is 4.85. The van der Waals surface area contributed by atoms with Gasteiger partial charge in [-0.05, 0) is 30.5 Å². The average molecular weight is 251 g/mol. The van der Waals surface area contributed by atoms with Crippen molar-refractivity contribution >= 4 is 12.3 Å². The highest BCUT2D eigenvalue weighted by Crippen LogP contribution is 2.24. The number of carbonyl (C=O) groups is 2. The summed E-state index contributed by atoms with van der Waals surface area (Å²) in [6.07, 6.45) is 1.04. The standard InChI is InChI=1S/C13H17NO4/c1-8-4-9(6-11(14)13(16)18-3)5-10(7-15)12(8)17-2/h4-5,7,11H,6,14H2,1-3H3/t11-/m0/s1. The number of aldehydes is 1. The Labute approximate surface area is 106 Å². The fraction of sp³-hybridized carbons (Fsp3) is 0.385. The third-order valence-corrected chi connectivity index (χ3v) is 2.65. The third kappa shape index (κ3) is 3.07. The van der Waals surface area contributed by atoms with Crippen molar-refractivity contribution in [3.05, 3.63) is 28.8 Å². The average Bonchev–Trinajstić information content (AvgIpc) is 2.36. The monoisotopic (exact) mass is 251 g/mol. The zero-order valence-electron chi connectivity index (χ0n) is 10.7. The number of hydrogen-bond acceptors (Lipinski definition) is 5. The first-order valence-electron chi connectivity index (χ1n) is 5.49. The Balaban J connectivity index is 3.01. The van der Waals surface area contributed by atoms with Crippen molar-refractivity contribution in [2.24, 2.45) is 5.73 Å². The lowest BCUT2D eigenvalue weighted by molar-refractivity contribution is -0.142. The predicted molar refractivity (Wildman–Crippen MR) is 66.8 cm³/mol. The number of esters is 1. The van der Waals surface area contributed by atoms with Gasteiger partial charge in [-0.1, -0.05) is 6.07 Å². The van der Waals surface area contributed by atoms with Gasteiger partial charge in [-0.25, -0.2) is 0 Å². The second-order valence-electron chi connectivity index (χ2n) is 3.99. The summed E-state index contributed by atoms with van der Waals surface area (Å²) in [5.41, 5.74) is 7.75. The molecule has 0 heterocycles. The van der Waals surface area contributed by atoms with Gasteiger partial charge in [0.1, 0.15) is 11.8 Å². The molecule has 18 heavy (non-hydrogen) atoms. The van der Waals surface area contributed by atoms with Crippen molar-refractivity contribution in [2.75, 3.05) is 14.2 Å². The Morgan fingerprint density at radius 2 is 2.11 bits per heavy atom. The smallest absolute Gasteiger partial charge is 0.322 e. The first-order valence-corrected chi connectivity index (χ1v) is 5.49. The summed E-state index contributed by atoms with van der Waals surface area (Å²) in [5.74, 6) is 0.0662. The van der Waals surface area contributed by atoms with Crippen LogP contribution in [-0.2, 0) is 16.0 Å². The SMILES string of the molecule is COC(=O)[C@@H](N)Cc1cc(C)c(OC)c(C=O)c1. The van der Waals surface area contributed by atoms with Crippen molar-refractivity contribution in [3.8, 4) is 5.75 Å². The Bertz CT molecular complexity index is 457. The maximum absolute atomic E-state index is 11.2. The number of nitrogens with two attached hydrogens (primary N) is 1. The molecule has 5 nitrogen and oxygen atoms in total. The summed E-state index contributed by atoms with van der Waals surface area (Å²) in [6, 6.07) is 2.78. The molecule has 0 saturated carbocycles. The van der Waals surface area contributed by atoms with E-state index in [0.717, 1.165) is 17.4 Å². The lowest BCUT2D eigenvalue weighted by Gasteiger charge is -2.13. The minimum Gasteiger partial charge on any atom is -0.496 e. The molecule has 0 bridgehead atoms. The van der Waals surface area contributed by atoms with Crippen LogP contribution in [0.5, 0.6) is 5.75 Å². The van der Waals surface area contributed by atoms with E-state index in [1.54, 1.807) is 6.07 Å². The summed E-state index contributed by atoms with van der Waals surface area (Å²) < 4.78 is 9.70. The molecule has 2 N–H and O–H groups in total. The van der Waals surface area contributed by atoms with Crippen molar-refractivity contribution in [3.63, 3.8) is 0 Å². The highest BCUT2D eigenvalue weighted by molar-refractivity contribution is 5.81. The van der Waals surface area contributed by atoms with Gasteiger partial charge < -0.3 is 15.2 Å². The van der Waals surface area contributed by atoms with E-state index in [0.29, 0.717) is 17.7 Å². The molecule has 0 fully saturated rings. The summed E-state index contributed by atoms with van der Waals surface area (Å²) in [7, 11) is 2.80. The summed E-state index contributed by atoms with van der Waals surface area (Å²) in [6.45, 7) is 1.83. The van der Waals surface area contributed by atoms with Crippen LogP contribution in [0, 0.1) is 6.92 Å². The van der Waals surface area contributed by atoms with Crippen LogP contribution in [0.25, 0.3) is 0 Å². The molecule has 0 aliphatic carbocycles. The lowest BCUT2D eigenvalue weighted by atomic mass is 10.0. The quantitative estimate of drug-likeness (QED) is 0.620. The van der Waals surface area contributed by atoms with Crippen molar-refractivity contribution in [2.45, 2.75) is 19.4 Å². The second kappa shape index (κ2) is 6.16. The van der Waals surface area contributed by atoms with Crippen LogP contribution in [0.4, 0.5) is 0 Å². The van der Waals surface area contributed by atoms with Gasteiger partial charge in [-0.15, -0.1) is 0 Å². The van der Waals surface area contributed by atoms with Crippen LogP contribution in [0.1, 0.15) is 21.5 Å². The molecule has 0 radical (unpaired) electrons. The zero-order valence-corrected chi connectivity index (χ0v) is 10.7. The van der Waals surface area contributed by atoms with Crippen LogP contribution in [0.15, 0.2) is 12.1 Å². The van der Waals surface area contributed by atoms with Gasteiger partial charge in [0, 0.05) is 0 Å². The van der Waals surface area contributed by atoms with Gasteiger partial charge >= 0.3 is 5.97 Å². The summed E-state index contributed by atoms with van der Waals surface area (Å²) in [5, 5.41) is 0. The maximum Gasteiger partial charge on any atom is 0.322 e. The number of benzene rings is 1. The third-order valence-electron chi connectivity index (χ3n) is 2.65. The van der Waals surface area contributed by atoms with Gasteiger partial charge in [0.2, 0.25) is 0 Å². The molecule has 5 heteroatoms. The van der Waals surface area contributed by atoms with Crippen molar-refractivity contribution < 1.29 is 19.1 Å². The predicted octanol–water partition coefficient (Wildman–Crippen LogP) is 0.859. The van der Waals surface area contributed by atoms with Gasteiger partial charge in [-0.3, -0.25) is 9.59 Å². The molecule has 0 amide bonds. The first kappa shape index (κ1) is 14.2. The largest absolute Gasteiger partial charge is 0.496 e. The van der Waals surface area contributed by atoms with Crippen LogP contribution in [0.3, 0.4) is 0 Å². The van der Waals surface area contributed by atoms with Crippen molar-refractivity contribution in [1.29, 1.82) is 0 Å². The van der Waals surface area contributed by atoms with Gasteiger partial charge in [0.15, 0.2) is 6.29 Å². The fourth-order valence-electron chi connectivity index (χ4n) is 1.85. The molecule has 1 aromatic rings. The van der Waals surface area contributed by atoms with E-state index >= 15 is 0 Å². The number of hydrogen-bond donors (Lipinski definition) is 1.